The second-order valence-electron chi connectivity index (χ2n) is 1.93. The summed E-state index contributed by atoms with van der Waals surface area (Å²) in [6.07, 6.45) is 0. The Labute approximate surface area is 68.0 Å². The highest BCUT2D eigenvalue weighted by atomic mass is 15.2. The van der Waals surface area contributed by atoms with Crippen LogP contribution in [-0.4, -0.2) is 0 Å². The maximum Gasteiger partial charge on any atom is 0.0626 e. The first-order valence-electron chi connectivity index (χ1n) is 5.44. The first-order valence-corrected chi connectivity index (χ1v) is 2.94. The zero-order chi connectivity index (χ0) is 11.7. The normalized spacial score (nSPS) is 20.0. The van der Waals surface area contributed by atoms with Gasteiger partial charge in [0.05, 0.1) is 6.85 Å². The van der Waals surface area contributed by atoms with E-state index in [1.165, 1.54) is 0 Å². The summed E-state index contributed by atoms with van der Waals surface area (Å²) in [7, 11) is 0. The molecule has 0 amide bonds. The summed E-state index contributed by atoms with van der Waals surface area (Å²) in [4.78, 5) is 0. The van der Waals surface area contributed by atoms with Gasteiger partial charge in [-0.15, -0.1) is 0 Å². The highest BCUT2D eigenvalue weighted by Gasteiger charge is 1.98. The van der Waals surface area contributed by atoms with Gasteiger partial charge in [-0.25, -0.2) is 0 Å². The fourth-order valence-electron chi connectivity index (χ4n) is 0.560. The van der Waals surface area contributed by atoms with E-state index in [2.05, 4.69) is 5.43 Å². The molecule has 3 N–H and O–H groups in total. The van der Waals surface area contributed by atoms with Crippen molar-refractivity contribution in [1.29, 1.82) is 0 Å². The van der Waals surface area contributed by atoms with E-state index in [4.69, 9.17) is 12.7 Å². The fraction of sp³-hybridized carbons (Fsp3) is 0.250. The van der Waals surface area contributed by atoms with Crippen molar-refractivity contribution in [2.75, 3.05) is 0 Å². The van der Waals surface area contributed by atoms with Gasteiger partial charge < -0.3 is 0 Å². The molecule has 0 aliphatic rings. The van der Waals surface area contributed by atoms with Gasteiger partial charge in [0.15, 0.2) is 0 Å². The average molecular weight is 141 g/mol. The van der Waals surface area contributed by atoms with Crippen LogP contribution in [0.4, 0.5) is 0 Å². The van der Waals surface area contributed by atoms with Crippen LogP contribution in [-0.2, 0) is 0 Å². The first-order chi connectivity index (χ1) is 6.91. The zero-order valence-electron chi connectivity index (χ0n) is 10.7. The van der Waals surface area contributed by atoms with E-state index < -0.39 is 12.1 Å². The smallest absolute Gasteiger partial charge is 0.0626 e. The maximum absolute atomic E-state index is 7.60. The SMILES string of the molecule is [2H]c1c([2H])c([2H])c(C(C)NN)c([2H])c1[2H]. The van der Waals surface area contributed by atoms with Crippen molar-refractivity contribution in [2.45, 2.75) is 13.0 Å². The molecule has 1 aromatic carbocycles. The van der Waals surface area contributed by atoms with Crippen LogP contribution in [0.3, 0.4) is 0 Å². The minimum Gasteiger partial charge on any atom is -0.271 e. The molecule has 2 heteroatoms. The molecule has 0 radical (unpaired) electrons. The van der Waals surface area contributed by atoms with Crippen molar-refractivity contribution in [1.82, 2.24) is 5.43 Å². The third-order valence-electron chi connectivity index (χ3n) is 1.20. The molecule has 0 bridgehead atoms. The van der Waals surface area contributed by atoms with E-state index in [-0.39, 0.29) is 29.7 Å². The average Bonchev–Trinajstić information content (AvgIpc) is 2.23. The number of hydrogen-bond donors (Lipinski definition) is 2. The molecule has 0 spiro atoms. The van der Waals surface area contributed by atoms with Gasteiger partial charge in [0, 0.05) is 6.04 Å². The predicted octanol–water partition coefficient (Wildman–Crippen LogP) is 1.21. The van der Waals surface area contributed by atoms with E-state index in [1.54, 1.807) is 6.92 Å². The van der Waals surface area contributed by atoms with Gasteiger partial charge >= 0.3 is 0 Å². The van der Waals surface area contributed by atoms with Gasteiger partial charge in [-0.2, -0.15) is 0 Å². The third-order valence-corrected chi connectivity index (χ3v) is 1.20. The Bertz CT molecular complexity index is 364. The van der Waals surface area contributed by atoms with Crippen LogP contribution in [0, 0.1) is 0 Å². The molecule has 1 aromatic rings. The summed E-state index contributed by atoms with van der Waals surface area (Å²) in [6, 6.07) is -1.99. The van der Waals surface area contributed by atoms with Gasteiger partial charge in [0.25, 0.3) is 0 Å². The Hall–Kier alpha value is -0.860. The van der Waals surface area contributed by atoms with Crippen molar-refractivity contribution < 1.29 is 6.85 Å². The summed E-state index contributed by atoms with van der Waals surface area (Å²) < 4.78 is 37.4. The van der Waals surface area contributed by atoms with Gasteiger partial charge in [-0.05, 0) is 12.5 Å². The summed E-state index contributed by atoms with van der Waals surface area (Å²) in [5.74, 6) is 5.19. The molecule has 0 aliphatic carbocycles. The summed E-state index contributed by atoms with van der Waals surface area (Å²) in [5.41, 5.74) is 2.55. The van der Waals surface area contributed by atoms with Gasteiger partial charge in [-0.3, -0.25) is 11.3 Å². The Morgan fingerprint density at radius 3 is 2.60 bits per heavy atom. The molecule has 0 heterocycles. The largest absolute Gasteiger partial charge is 0.271 e. The minimum atomic E-state index is -0.487. The van der Waals surface area contributed by atoms with Crippen LogP contribution in [0.15, 0.2) is 30.2 Å². The van der Waals surface area contributed by atoms with Crippen LogP contribution in [0.5, 0.6) is 0 Å². The van der Waals surface area contributed by atoms with Crippen molar-refractivity contribution in [3.8, 4) is 0 Å². The van der Waals surface area contributed by atoms with Crippen LogP contribution in [0.1, 0.15) is 25.4 Å². The predicted molar refractivity (Wildman–Crippen MR) is 42.2 cm³/mol. The fourth-order valence-corrected chi connectivity index (χ4v) is 0.560. The summed E-state index contributed by atoms with van der Waals surface area (Å²) in [5, 5.41) is 0. The van der Waals surface area contributed by atoms with E-state index >= 15 is 0 Å². The summed E-state index contributed by atoms with van der Waals surface area (Å²) in [6.45, 7) is 1.63. The zero-order valence-corrected chi connectivity index (χ0v) is 5.65. The molecule has 1 unspecified atom stereocenters. The quantitative estimate of drug-likeness (QED) is 0.480. The van der Waals surface area contributed by atoms with Crippen molar-refractivity contribution in [2.24, 2.45) is 5.84 Å². The molecule has 0 aromatic heterocycles. The second kappa shape index (κ2) is 3.34. The standard InChI is InChI=1S/C8H12N2/c1-7(10-9)8-5-3-2-4-6-8/h2-7,10H,9H2,1H3/i2D,3D,4D,5D,6D. The maximum atomic E-state index is 7.60. The number of nitrogens with one attached hydrogen (secondary N) is 1. The lowest BCUT2D eigenvalue weighted by atomic mass is 10.1. The number of benzene rings is 1. The van der Waals surface area contributed by atoms with Crippen LogP contribution in [0.25, 0.3) is 0 Å². The van der Waals surface area contributed by atoms with Crippen LogP contribution >= 0.6 is 0 Å². The highest BCUT2D eigenvalue weighted by Crippen LogP contribution is 2.08. The molecule has 0 aliphatic heterocycles. The Morgan fingerprint density at radius 2 is 2.10 bits per heavy atom. The highest BCUT2D eigenvalue weighted by molar-refractivity contribution is 5.17. The van der Waals surface area contributed by atoms with Gasteiger partial charge in [0.1, 0.15) is 0 Å². The van der Waals surface area contributed by atoms with E-state index in [0.717, 1.165) is 0 Å². The van der Waals surface area contributed by atoms with Crippen molar-refractivity contribution >= 4 is 0 Å². The Morgan fingerprint density at radius 1 is 1.50 bits per heavy atom. The van der Waals surface area contributed by atoms with E-state index in [9.17, 15) is 0 Å². The minimum absolute atomic E-state index is 0.184. The lowest BCUT2D eigenvalue weighted by molar-refractivity contribution is 0.602. The molecule has 10 heavy (non-hydrogen) atoms. The molecule has 54 valence electrons. The Kier molecular flexibility index (Phi) is 1.01. The number of rotatable bonds is 2. The van der Waals surface area contributed by atoms with Gasteiger partial charge in [-0.1, -0.05) is 30.2 Å². The lowest BCUT2D eigenvalue weighted by Gasteiger charge is -2.08. The number of hydrogen-bond acceptors (Lipinski definition) is 2. The third kappa shape index (κ3) is 1.56. The molecular formula is C8H12N2. The van der Waals surface area contributed by atoms with E-state index in [1.807, 2.05) is 0 Å². The Balaban J connectivity index is 3.52. The molecule has 1 rings (SSSR count). The molecule has 1 atom stereocenters. The van der Waals surface area contributed by atoms with Gasteiger partial charge in [0.2, 0.25) is 0 Å². The number of nitrogens with two attached hydrogens (primary N) is 1. The second-order valence-corrected chi connectivity index (χ2v) is 1.93. The molecule has 0 saturated carbocycles. The van der Waals surface area contributed by atoms with E-state index in [0.29, 0.717) is 0 Å². The molecule has 2 nitrogen and oxygen atoms in total. The molecular weight excluding hydrogens is 124 g/mol. The van der Waals surface area contributed by atoms with Crippen molar-refractivity contribution in [3.05, 3.63) is 35.8 Å². The monoisotopic (exact) mass is 141 g/mol. The molecule has 0 fully saturated rings. The number of hydrazine groups is 1. The first kappa shape index (κ1) is 3.03. The van der Waals surface area contributed by atoms with Crippen molar-refractivity contribution in [3.63, 3.8) is 0 Å². The van der Waals surface area contributed by atoms with Crippen LogP contribution in [0.2, 0.25) is 0 Å². The molecule has 0 saturated heterocycles. The van der Waals surface area contributed by atoms with Crippen LogP contribution < -0.4 is 11.3 Å². The summed E-state index contributed by atoms with van der Waals surface area (Å²) >= 11 is 0. The lowest BCUT2D eigenvalue weighted by Crippen LogP contribution is -2.25. The topological polar surface area (TPSA) is 38.0 Å².